The van der Waals surface area contributed by atoms with Crippen LogP contribution in [0.5, 0.6) is 0 Å². The van der Waals surface area contributed by atoms with Crippen molar-refractivity contribution < 1.29 is 9.90 Å². The number of halogens is 1. The lowest BCUT2D eigenvalue weighted by molar-refractivity contribution is -0.137. The van der Waals surface area contributed by atoms with Gasteiger partial charge < -0.3 is 9.67 Å². The Morgan fingerprint density at radius 1 is 1.28 bits per heavy atom. The zero-order chi connectivity index (χ0) is 17.6. The summed E-state index contributed by atoms with van der Waals surface area (Å²) in [6, 6.07) is 12.4. The second kappa shape index (κ2) is 6.43. The van der Waals surface area contributed by atoms with E-state index in [0.717, 1.165) is 35.2 Å². The van der Waals surface area contributed by atoms with Crippen LogP contribution in [0.3, 0.4) is 0 Å². The Hall–Kier alpha value is -1.91. The maximum Gasteiger partial charge on any atom is 0.323 e. The Kier molecular flexibility index (Phi) is 4.26. The van der Waals surface area contributed by atoms with Gasteiger partial charge in [0.15, 0.2) is 0 Å². The van der Waals surface area contributed by atoms with E-state index >= 15 is 0 Å². The molecule has 0 aliphatic carbocycles. The van der Waals surface area contributed by atoms with Gasteiger partial charge in [-0.1, -0.05) is 29.8 Å². The zero-order valence-electron chi connectivity index (χ0n) is 13.9. The Bertz CT molecular complexity index is 993. The van der Waals surface area contributed by atoms with Gasteiger partial charge >= 0.3 is 5.97 Å². The Morgan fingerprint density at radius 2 is 2.12 bits per heavy atom. The summed E-state index contributed by atoms with van der Waals surface area (Å²) in [6.07, 6.45) is 1.93. The van der Waals surface area contributed by atoms with E-state index < -0.39 is 5.97 Å². The van der Waals surface area contributed by atoms with Crippen LogP contribution in [0.15, 0.2) is 41.3 Å². The van der Waals surface area contributed by atoms with E-state index in [9.17, 15) is 9.90 Å². The quantitative estimate of drug-likeness (QED) is 0.707. The van der Waals surface area contributed by atoms with Crippen LogP contribution >= 0.6 is 23.4 Å². The number of carboxylic acids is 1. The molecule has 5 heteroatoms. The summed E-state index contributed by atoms with van der Waals surface area (Å²) in [5, 5.41) is 11.0. The van der Waals surface area contributed by atoms with Gasteiger partial charge in [-0.2, -0.15) is 0 Å². The van der Waals surface area contributed by atoms with Crippen molar-refractivity contribution in [1.29, 1.82) is 0 Å². The van der Waals surface area contributed by atoms with Gasteiger partial charge in [0.05, 0.1) is 5.52 Å². The molecule has 1 aromatic heterocycles. The lowest BCUT2D eigenvalue weighted by Gasteiger charge is -2.07. The average molecular weight is 372 g/mol. The first kappa shape index (κ1) is 16.6. The molecule has 1 aliphatic rings. The fraction of sp³-hybridized carbons (Fsp3) is 0.250. The monoisotopic (exact) mass is 371 g/mol. The van der Waals surface area contributed by atoms with E-state index in [-0.39, 0.29) is 6.54 Å². The molecule has 1 aliphatic heterocycles. The predicted octanol–water partition coefficient (Wildman–Crippen LogP) is 4.93. The third-order valence-electron chi connectivity index (χ3n) is 4.85. The minimum Gasteiger partial charge on any atom is -0.480 e. The Balaban J connectivity index is 1.81. The fourth-order valence-electron chi connectivity index (χ4n) is 3.64. The number of fused-ring (bicyclic) bond motifs is 2. The number of aliphatic carboxylic acids is 1. The summed E-state index contributed by atoms with van der Waals surface area (Å²) in [5.74, 6) is 0.315. The normalized spacial score (nSPS) is 13.4. The summed E-state index contributed by atoms with van der Waals surface area (Å²) in [6.45, 7) is 1.94. The number of hydrogen-bond donors (Lipinski definition) is 1. The van der Waals surface area contributed by atoms with Crippen LogP contribution < -0.4 is 0 Å². The van der Waals surface area contributed by atoms with Crippen molar-refractivity contribution in [1.82, 2.24) is 4.57 Å². The van der Waals surface area contributed by atoms with E-state index in [0.29, 0.717) is 5.02 Å². The molecule has 2 aromatic carbocycles. The molecule has 3 aromatic rings. The summed E-state index contributed by atoms with van der Waals surface area (Å²) in [7, 11) is 0. The highest BCUT2D eigenvalue weighted by molar-refractivity contribution is 7.99. The summed E-state index contributed by atoms with van der Waals surface area (Å²) >= 11 is 8.07. The molecule has 0 atom stereocenters. The lowest BCUT2D eigenvalue weighted by atomic mass is 10.00. The van der Waals surface area contributed by atoms with Gasteiger partial charge in [-0.05, 0) is 54.7 Å². The Morgan fingerprint density at radius 3 is 2.92 bits per heavy atom. The number of hydrogen-bond acceptors (Lipinski definition) is 2. The molecule has 1 N–H and O–H groups in total. The Labute approximate surface area is 155 Å². The average Bonchev–Trinajstić information content (AvgIpc) is 3.13. The molecule has 0 saturated carbocycles. The molecule has 3 nitrogen and oxygen atoms in total. The summed E-state index contributed by atoms with van der Waals surface area (Å²) in [5.41, 5.74) is 5.76. The number of aryl methyl sites for hydroxylation is 1. The van der Waals surface area contributed by atoms with Gasteiger partial charge in [0.1, 0.15) is 6.54 Å². The van der Waals surface area contributed by atoms with Crippen LogP contribution in [0.1, 0.15) is 22.4 Å². The lowest BCUT2D eigenvalue weighted by Crippen LogP contribution is -2.10. The third-order valence-corrected chi connectivity index (χ3v) is 6.20. The van der Waals surface area contributed by atoms with Crippen molar-refractivity contribution in [3.63, 3.8) is 0 Å². The highest BCUT2D eigenvalue weighted by Gasteiger charge is 2.18. The van der Waals surface area contributed by atoms with Gasteiger partial charge in [-0.25, -0.2) is 0 Å². The molecule has 0 saturated heterocycles. The number of aromatic nitrogens is 1. The number of benzene rings is 2. The highest BCUT2D eigenvalue weighted by atomic mass is 35.5. The van der Waals surface area contributed by atoms with Crippen molar-refractivity contribution in [3.8, 4) is 0 Å². The minimum atomic E-state index is -0.846. The topological polar surface area (TPSA) is 42.2 Å². The largest absolute Gasteiger partial charge is 0.480 e. The standard InChI is InChI=1S/C20H18ClNO2S/c1-12-17(9-13-2-5-19-14(8-13)6-7-25-19)16-4-3-15(21)10-18(16)22(12)11-20(23)24/h2-5,8,10H,6-7,9,11H2,1H3,(H,23,24). The van der Waals surface area contributed by atoms with E-state index in [1.54, 1.807) is 0 Å². The second-order valence-corrected chi connectivity index (χ2v) is 8.00. The maximum absolute atomic E-state index is 11.3. The van der Waals surface area contributed by atoms with E-state index in [1.165, 1.54) is 21.6 Å². The smallest absolute Gasteiger partial charge is 0.323 e. The van der Waals surface area contributed by atoms with Crippen LogP contribution in [-0.4, -0.2) is 21.4 Å². The molecule has 0 fully saturated rings. The number of carboxylic acid groups (broad SMARTS) is 1. The van der Waals surface area contributed by atoms with Gasteiger partial charge in [0, 0.05) is 26.8 Å². The first-order valence-electron chi connectivity index (χ1n) is 8.26. The van der Waals surface area contributed by atoms with Gasteiger partial charge in [0.2, 0.25) is 0 Å². The first-order valence-corrected chi connectivity index (χ1v) is 9.63. The molecular formula is C20H18ClNO2S. The van der Waals surface area contributed by atoms with E-state index in [1.807, 2.05) is 41.5 Å². The molecule has 0 radical (unpaired) electrons. The molecule has 128 valence electrons. The number of thioether (sulfide) groups is 1. The molecule has 0 spiro atoms. The van der Waals surface area contributed by atoms with Gasteiger partial charge in [0.25, 0.3) is 0 Å². The van der Waals surface area contributed by atoms with E-state index in [4.69, 9.17) is 11.6 Å². The number of rotatable bonds is 4. The molecule has 4 rings (SSSR count). The van der Waals surface area contributed by atoms with E-state index in [2.05, 4.69) is 18.2 Å². The van der Waals surface area contributed by atoms with Crippen LogP contribution in [0.4, 0.5) is 0 Å². The number of nitrogens with zero attached hydrogens (tertiary/aromatic N) is 1. The van der Waals surface area contributed by atoms with Crippen LogP contribution in [0.25, 0.3) is 10.9 Å². The van der Waals surface area contributed by atoms with Gasteiger partial charge in [-0.3, -0.25) is 4.79 Å². The third kappa shape index (κ3) is 3.05. The van der Waals surface area contributed by atoms with Crippen LogP contribution in [-0.2, 0) is 24.2 Å². The number of carbonyl (C=O) groups is 1. The van der Waals surface area contributed by atoms with Gasteiger partial charge in [-0.15, -0.1) is 11.8 Å². The SMILES string of the molecule is Cc1c(Cc2ccc3c(c2)CCS3)c2ccc(Cl)cc2n1CC(=O)O. The molecule has 0 bridgehead atoms. The van der Waals surface area contributed by atoms with Crippen molar-refractivity contribution in [2.24, 2.45) is 0 Å². The maximum atomic E-state index is 11.3. The predicted molar refractivity (Wildman–Crippen MR) is 103 cm³/mol. The highest BCUT2D eigenvalue weighted by Crippen LogP contribution is 2.34. The van der Waals surface area contributed by atoms with Crippen LogP contribution in [0, 0.1) is 6.92 Å². The summed E-state index contributed by atoms with van der Waals surface area (Å²) < 4.78 is 1.85. The minimum absolute atomic E-state index is 0.0521. The fourth-order valence-corrected chi connectivity index (χ4v) is 4.86. The zero-order valence-corrected chi connectivity index (χ0v) is 15.5. The molecular weight excluding hydrogens is 354 g/mol. The molecule has 25 heavy (non-hydrogen) atoms. The molecule has 0 amide bonds. The van der Waals surface area contributed by atoms with Crippen molar-refractivity contribution in [2.45, 2.75) is 31.2 Å². The van der Waals surface area contributed by atoms with Crippen molar-refractivity contribution >= 4 is 40.2 Å². The van der Waals surface area contributed by atoms with Crippen molar-refractivity contribution in [3.05, 3.63) is 63.8 Å². The van der Waals surface area contributed by atoms with Crippen molar-refractivity contribution in [2.75, 3.05) is 5.75 Å². The first-order chi connectivity index (χ1) is 12.0. The van der Waals surface area contributed by atoms with Crippen LogP contribution in [0.2, 0.25) is 5.02 Å². The molecule has 2 heterocycles. The second-order valence-electron chi connectivity index (χ2n) is 6.42. The summed E-state index contributed by atoms with van der Waals surface area (Å²) in [4.78, 5) is 12.7. The molecule has 0 unspecified atom stereocenters.